The molecule has 0 amide bonds. The fourth-order valence-electron chi connectivity index (χ4n) is 6.70. The lowest BCUT2D eigenvalue weighted by Crippen LogP contribution is -2.03. The highest BCUT2D eigenvalue weighted by atomic mass is 31.2. The van der Waals surface area contributed by atoms with Crippen LogP contribution in [0.5, 0.6) is 17.2 Å². The van der Waals surface area contributed by atoms with Gasteiger partial charge in [-0.3, -0.25) is 0 Å². The maximum atomic E-state index is 6.87. The van der Waals surface area contributed by atoms with Crippen LogP contribution < -0.4 is 13.6 Å². The van der Waals surface area contributed by atoms with Gasteiger partial charge in [-0.05, 0) is 85.9 Å². The first-order valence-electron chi connectivity index (χ1n) is 17.3. The summed E-state index contributed by atoms with van der Waals surface area (Å²) in [6.45, 7) is 0. The molecular formula is C48H33O3P. The molecule has 0 atom stereocenters. The molecular weight excluding hydrogens is 655 g/mol. The Morgan fingerprint density at radius 2 is 0.558 bits per heavy atom. The second kappa shape index (κ2) is 14.1. The standard InChI is InChI=1S/C48H33O3P/c1-4-13-34(14-5-1)40-28-25-37-19-10-22-46(43(37)31-40)49-52(50-47-23-11-20-38-26-29-41(32-44(38)47)35-15-6-2-7-16-35)51-48-24-12-21-39-27-30-42(33-45(39)48)36-17-8-3-9-18-36/h1-33H. The lowest BCUT2D eigenvalue weighted by Gasteiger charge is -2.21. The molecule has 0 aliphatic carbocycles. The summed E-state index contributed by atoms with van der Waals surface area (Å²) in [5.41, 5.74) is 6.76. The van der Waals surface area contributed by atoms with Crippen molar-refractivity contribution in [2.45, 2.75) is 0 Å². The fraction of sp³-hybridized carbons (Fsp3) is 0. The van der Waals surface area contributed by atoms with Crippen LogP contribution >= 0.6 is 8.60 Å². The van der Waals surface area contributed by atoms with Crippen molar-refractivity contribution >= 4 is 40.9 Å². The summed E-state index contributed by atoms with van der Waals surface area (Å²) < 4.78 is 20.6. The van der Waals surface area contributed by atoms with Crippen molar-refractivity contribution in [1.29, 1.82) is 0 Å². The number of hydrogen-bond acceptors (Lipinski definition) is 3. The van der Waals surface area contributed by atoms with E-state index in [-0.39, 0.29) is 0 Å². The molecule has 0 aliphatic heterocycles. The van der Waals surface area contributed by atoms with Crippen molar-refractivity contribution in [2.75, 3.05) is 0 Å². The van der Waals surface area contributed by atoms with Crippen molar-refractivity contribution in [3.05, 3.63) is 200 Å². The number of fused-ring (bicyclic) bond motifs is 3. The van der Waals surface area contributed by atoms with Crippen LogP contribution in [0, 0.1) is 0 Å². The molecule has 3 nitrogen and oxygen atoms in total. The summed E-state index contributed by atoms with van der Waals surface area (Å²) in [6, 6.07) is 68.9. The molecule has 0 spiro atoms. The zero-order chi connectivity index (χ0) is 34.7. The van der Waals surface area contributed by atoms with Gasteiger partial charge in [-0.1, -0.05) is 164 Å². The molecule has 248 valence electrons. The van der Waals surface area contributed by atoms with Gasteiger partial charge in [0.05, 0.1) is 0 Å². The summed E-state index contributed by atoms with van der Waals surface area (Å²) in [5.74, 6) is 2.07. The minimum absolute atomic E-state index is 0.691. The Hall–Kier alpha value is -6.41. The zero-order valence-corrected chi connectivity index (χ0v) is 29.1. The van der Waals surface area contributed by atoms with Gasteiger partial charge in [0.1, 0.15) is 17.2 Å². The van der Waals surface area contributed by atoms with Gasteiger partial charge in [-0.2, -0.15) is 0 Å². The number of hydrogen-bond donors (Lipinski definition) is 0. The minimum Gasteiger partial charge on any atom is -0.408 e. The van der Waals surface area contributed by atoms with Crippen molar-refractivity contribution in [3.63, 3.8) is 0 Å². The molecule has 9 rings (SSSR count). The van der Waals surface area contributed by atoms with Crippen LogP contribution in [0.2, 0.25) is 0 Å². The molecule has 0 fully saturated rings. The second-order valence-electron chi connectivity index (χ2n) is 12.7. The summed E-state index contributed by atoms with van der Waals surface area (Å²) in [6.07, 6.45) is 0. The van der Waals surface area contributed by atoms with Crippen molar-refractivity contribution in [2.24, 2.45) is 0 Å². The van der Waals surface area contributed by atoms with Crippen LogP contribution in [0.4, 0.5) is 0 Å². The quantitative estimate of drug-likeness (QED) is 0.141. The second-order valence-corrected chi connectivity index (χ2v) is 13.7. The molecule has 52 heavy (non-hydrogen) atoms. The Bertz CT molecular complexity index is 2360. The van der Waals surface area contributed by atoms with E-state index < -0.39 is 8.60 Å². The molecule has 0 heterocycles. The van der Waals surface area contributed by atoms with Crippen LogP contribution in [0.3, 0.4) is 0 Å². The molecule has 0 radical (unpaired) electrons. The van der Waals surface area contributed by atoms with Gasteiger partial charge in [-0.25, -0.2) is 0 Å². The van der Waals surface area contributed by atoms with Gasteiger partial charge >= 0.3 is 8.60 Å². The molecule has 9 aromatic carbocycles. The zero-order valence-electron chi connectivity index (χ0n) is 28.2. The van der Waals surface area contributed by atoms with E-state index in [1.165, 1.54) is 0 Å². The third-order valence-electron chi connectivity index (χ3n) is 9.37. The lowest BCUT2D eigenvalue weighted by atomic mass is 10.0. The normalized spacial score (nSPS) is 11.2. The molecule has 0 saturated carbocycles. The molecule has 0 aromatic heterocycles. The van der Waals surface area contributed by atoms with Crippen molar-refractivity contribution in [1.82, 2.24) is 0 Å². The van der Waals surface area contributed by atoms with Gasteiger partial charge in [0.15, 0.2) is 0 Å². The van der Waals surface area contributed by atoms with Crippen LogP contribution in [0.15, 0.2) is 200 Å². The number of benzene rings is 9. The van der Waals surface area contributed by atoms with E-state index >= 15 is 0 Å². The van der Waals surface area contributed by atoms with E-state index in [2.05, 4.69) is 146 Å². The largest absolute Gasteiger partial charge is 0.530 e. The Balaban J connectivity index is 1.15. The number of rotatable bonds is 9. The highest BCUT2D eigenvalue weighted by molar-refractivity contribution is 7.43. The summed E-state index contributed by atoms with van der Waals surface area (Å²) in [7, 11) is -2.00. The van der Waals surface area contributed by atoms with Gasteiger partial charge in [-0.15, -0.1) is 0 Å². The molecule has 0 aliphatic rings. The lowest BCUT2D eigenvalue weighted by molar-refractivity contribution is 0.393. The molecule has 9 aromatic rings. The average molecular weight is 689 g/mol. The van der Waals surface area contributed by atoms with E-state index in [0.29, 0.717) is 17.2 Å². The molecule has 0 saturated heterocycles. The van der Waals surface area contributed by atoms with E-state index in [1.807, 2.05) is 54.6 Å². The third kappa shape index (κ3) is 6.47. The maximum absolute atomic E-state index is 6.87. The Labute approximate surface area is 304 Å². The van der Waals surface area contributed by atoms with Gasteiger partial charge in [0, 0.05) is 16.2 Å². The van der Waals surface area contributed by atoms with Crippen LogP contribution in [0.25, 0.3) is 65.7 Å². The van der Waals surface area contributed by atoms with E-state index in [0.717, 1.165) is 65.7 Å². The van der Waals surface area contributed by atoms with Crippen LogP contribution in [-0.4, -0.2) is 0 Å². The van der Waals surface area contributed by atoms with Gasteiger partial charge in [0.25, 0.3) is 0 Å². The van der Waals surface area contributed by atoms with E-state index in [4.69, 9.17) is 13.6 Å². The topological polar surface area (TPSA) is 27.7 Å². The van der Waals surface area contributed by atoms with Gasteiger partial charge < -0.3 is 13.6 Å². The van der Waals surface area contributed by atoms with E-state index in [9.17, 15) is 0 Å². The van der Waals surface area contributed by atoms with Crippen LogP contribution in [-0.2, 0) is 0 Å². The van der Waals surface area contributed by atoms with Crippen molar-refractivity contribution in [3.8, 4) is 50.6 Å². The maximum Gasteiger partial charge on any atom is 0.530 e. The minimum atomic E-state index is -2.00. The summed E-state index contributed by atoms with van der Waals surface area (Å²) >= 11 is 0. The first kappa shape index (κ1) is 31.6. The SMILES string of the molecule is c1ccc(-c2ccc3cccc(OP(Oc4cccc5ccc(-c6ccccc6)cc45)Oc4cccc5ccc(-c6ccccc6)cc45)c3c2)cc1. The highest BCUT2D eigenvalue weighted by Gasteiger charge is 2.24. The first-order valence-corrected chi connectivity index (χ1v) is 18.4. The highest BCUT2D eigenvalue weighted by Crippen LogP contribution is 2.48. The average Bonchev–Trinajstić information content (AvgIpc) is 3.22. The first-order chi connectivity index (χ1) is 25.7. The molecule has 4 heteroatoms. The third-order valence-corrected chi connectivity index (χ3v) is 10.4. The summed E-state index contributed by atoms with van der Waals surface area (Å²) in [4.78, 5) is 0. The predicted molar refractivity (Wildman–Crippen MR) is 217 cm³/mol. The van der Waals surface area contributed by atoms with Crippen molar-refractivity contribution < 1.29 is 13.6 Å². The molecule has 0 N–H and O–H groups in total. The monoisotopic (exact) mass is 688 g/mol. The molecule has 0 bridgehead atoms. The van der Waals surface area contributed by atoms with Gasteiger partial charge in [0.2, 0.25) is 0 Å². The Morgan fingerprint density at radius 1 is 0.250 bits per heavy atom. The smallest absolute Gasteiger partial charge is 0.408 e. The Morgan fingerprint density at radius 3 is 0.865 bits per heavy atom. The summed E-state index contributed by atoms with van der Waals surface area (Å²) in [5, 5.41) is 6.17. The van der Waals surface area contributed by atoms with Crippen LogP contribution in [0.1, 0.15) is 0 Å². The fourth-order valence-corrected chi connectivity index (χ4v) is 7.77. The predicted octanol–water partition coefficient (Wildman–Crippen LogP) is 13.9. The van der Waals surface area contributed by atoms with E-state index in [1.54, 1.807) is 0 Å². The molecule has 0 unspecified atom stereocenters. The Kier molecular flexibility index (Phi) is 8.54.